The molecule has 0 saturated carbocycles. The summed E-state index contributed by atoms with van der Waals surface area (Å²) in [5, 5.41) is 7.77. The van der Waals surface area contributed by atoms with Gasteiger partial charge in [0.05, 0.1) is 17.9 Å². The van der Waals surface area contributed by atoms with Crippen molar-refractivity contribution in [3.05, 3.63) is 82.9 Å². The van der Waals surface area contributed by atoms with Crippen LogP contribution in [0.2, 0.25) is 0 Å². The van der Waals surface area contributed by atoms with Gasteiger partial charge in [0.1, 0.15) is 0 Å². The fourth-order valence-electron chi connectivity index (χ4n) is 3.87. The topological polar surface area (TPSA) is 59.8 Å². The van der Waals surface area contributed by atoms with Gasteiger partial charge in [0.25, 0.3) is 0 Å². The zero-order valence-corrected chi connectivity index (χ0v) is 16.2. The first-order valence-corrected chi connectivity index (χ1v) is 9.64. The van der Waals surface area contributed by atoms with Crippen LogP contribution in [0, 0.1) is 13.8 Å². The number of hydrogen-bond donors (Lipinski definition) is 1. The summed E-state index contributed by atoms with van der Waals surface area (Å²) < 4.78 is 2.03. The van der Waals surface area contributed by atoms with Crippen LogP contribution in [0.4, 0.5) is 0 Å². The van der Waals surface area contributed by atoms with Crippen molar-refractivity contribution in [2.75, 3.05) is 0 Å². The molecule has 2 aromatic heterocycles. The van der Waals surface area contributed by atoms with Crippen molar-refractivity contribution >= 4 is 12.0 Å². The Morgan fingerprint density at radius 3 is 2.79 bits per heavy atom. The van der Waals surface area contributed by atoms with E-state index < -0.39 is 0 Å². The molecule has 0 aliphatic heterocycles. The fourth-order valence-corrected chi connectivity index (χ4v) is 3.87. The van der Waals surface area contributed by atoms with Crippen molar-refractivity contribution in [3.8, 4) is 5.69 Å². The van der Waals surface area contributed by atoms with Crippen LogP contribution < -0.4 is 5.32 Å². The quantitative estimate of drug-likeness (QED) is 0.702. The van der Waals surface area contributed by atoms with Crippen molar-refractivity contribution in [3.63, 3.8) is 0 Å². The SMILES string of the molecule is Cc1cc(C)cc(-n2ncc3c2CCC[C@H]3NC(=O)/C=C/c2cccnc2)c1. The molecule has 1 aliphatic rings. The standard InChI is InChI=1S/C23H24N4O/c1-16-11-17(2)13-19(12-16)27-22-7-3-6-21(20(22)15-25-27)26-23(28)9-8-18-5-4-10-24-14-18/h4-5,8-15,21H,3,6-7H2,1-2H3,(H,26,28)/b9-8+/t21-/m1/s1. The van der Waals surface area contributed by atoms with Gasteiger partial charge in [-0.3, -0.25) is 9.78 Å². The van der Waals surface area contributed by atoms with Gasteiger partial charge in [-0.05, 0) is 74.1 Å². The highest BCUT2D eigenvalue weighted by Gasteiger charge is 2.25. The fraction of sp³-hybridized carbons (Fsp3) is 0.261. The lowest BCUT2D eigenvalue weighted by Crippen LogP contribution is -2.29. The lowest BCUT2D eigenvalue weighted by molar-refractivity contribution is -0.117. The molecule has 0 fully saturated rings. The summed E-state index contributed by atoms with van der Waals surface area (Å²) in [6.45, 7) is 4.20. The second-order valence-electron chi connectivity index (χ2n) is 7.38. The lowest BCUT2D eigenvalue weighted by atomic mass is 9.92. The number of hydrogen-bond acceptors (Lipinski definition) is 3. The third-order valence-corrected chi connectivity index (χ3v) is 5.06. The van der Waals surface area contributed by atoms with E-state index in [-0.39, 0.29) is 11.9 Å². The molecular formula is C23H24N4O. The highest BCUT2D eigenvalue weighted by Crippen LogP contribution is 2.31. The van der Waals surface area contributed by atoms with Crippen LogP contribution in [0.1, 0.15) is 46.8 Å². The van der Waals surface area contributed by atoms with Crippen LogP contribution in [-0.4, -0.2) is 20.7 Å². The van der Waals surface area contributed by atoms with E-state index in [1.165, 1.54) is 16.8 Å². The number of nitrogens with zero attached hydrogens (tertiary/aromatic N) is 3. The summed E-state index contributed by atoms with van der Waals surface area (Å²) >= 11 is 0. The number of nitrogens with one attached hydrogen (secondary N) is 1. The summed E-state index contributed by atoms with van der Waals surface area (Å²) in [6.07, 6.45) is 11.6. The number of amides is 1. The highest BCUT2D eigenvalue weighted by molar-refractivity contribution is 5.92. The molecule has 2 heterocycles. The van der Waals surface area contributed by atoms with Gasteiger partial charge in [0, 0.05) is 29.7 Å². The van der Waals surface area contributed by atoms with Crippen molar-refractivity contribution < 1.29 is 4.79 Å². The molecule has 0 unspecified atom stereocenters. The van der Waals surface area contributed by atoms with E-state index in [0.29, 0.717) is 0 Å². The summed E-state index contributed by atoms with van der Waals surface area (Å²) in [4.78, 5) is 16.5. The van der Waals surface area contributed by atoms with Crippen LogP contribution in [0.15, 0.2) is 55.0 Å². The minimum Gasteiger partial charge on any atom is -0.346 e. The lowest BCUT2D eigenvalue weighted by Gasteiger charge is -2.24. The van der Waals surface area contributed by atoms with Gasteiger partial charge >= 0.3 is 0 Å². The van der Waals surface area contributed by atoms with Crippen LogP contribution in [0.25, 0.3) is 11.8 Å². The molecule has 0 spiro atoms. The third-order valence-electron chi connectivity index (χ3n) is 5.06. The third kappa shape index (κ3) is 3.88. The number of fused-ring (bicyclic) bond motifs is 1. The monoisotopic (exact) mass is 372 g/mol. The number of pyridine rings is 1. The number of benzene rings is 1. The zero-order chi connectivity index (χ0) is 19.5. The molecule has 142 valence electrons. The molecule has 28 heavy (non-hydrogen) atoms. The van der Waals surface area contributed by atoms with E-state index >= 15 is 0 Å². The van der Waals surface area contributed by atoms with Gasteiger partial charge in [-0.2, -0.15) is 5.10 Å². The van der Waals surface area contributed by atoms with E-state index in [1.807, 2.05) is 23.0 Å². The van der Waals surface area contributed by atoms with Gasteiger partial charge in [-0.1, -0.05) is 12.1 Å². The molecule has 1 atom stereocenters. The van der Waals surface area contributed by atoms with Gasteiger partial charge < -0.3 is 5.32 Å². The Hall–Kier alpha value is -3.21. The van der Waals surface area contributed by atoms with Crippen LogP contribution in [0.3, 0.4) is 0 Å². The molecule has 0 radical (unpaired) electrons. The Morgan fingerprint density at radius 1 is 1.21 bits per heavy atom. The normalized spacial score (nSPS) is 16.1. The molecule has 1 aromatic carbocycles. The minimum absolute atomic E-state index is 0.00513. The van der Waals surface area contributed by atoms with Crippen LogP contribution in [-0.2, 0) is 11.2 Å². The molecule has 5 heteroatoms. The number of carbonyl (C=O) groups excluding carboxylic acids is 1. The Morgan fingerprint density at radius 2 is 2.04 bits per heavy atom. The largest absolute Gasteiger partial charge is 0.346 e. The maximum Gasteiger partial charge on any atom is 0.244 e. The van der Waals surface area contributed by atoms with Gasteiger partial charge in [-0.15, -0.1) is 0 Å². The molecule has 1 N–H and O–H groups in total. The summed E-state index contributed by atoms with van der Waals surface area (Å²) in [7, 11) is 0. The summed E-state index contributed by atoms with van der Waals surface area (Å²) in [6, 6.07) is 10.2. The van der Waals surface area contributed by atoms with Crippen molar-refractivity contribution in [2.45, 2.75) is 39.2 Å². The smallest absolute Gasteiger partial charge is 0.244 e. The van der Waals surface area contributed by atoms with Crippen molar-refractivity contribution in [1.82, 2.24) is 20.1 Å². The second-order valence-corrected chi connectivity index (χ2v) is 7.38. The molecule has 1 amide bonds. The zero-order valence-electron chi connectivity index (χ0n) is 16.2. The van der Waals surface area contributed by atoms with E-state index in [0.717, 1.165) is 36.1 Å². The van der Waals surface area contributed by atoms with E-state index in [9.17, 15) is 4.79 Å². The Kier molecular flexibility index (Phi) is 5.06. The first kappa shape index (κ1) is 18.2. The van der Waals surface area contributed by atoms with Gasteiger partial charge in [0.15, 0.2) is 0 Å². The first-order valence-electron chi connectivity index (χ1n) is 9.64. The van der Waals surface area contributed by atoms with Crippen molar-refractivity contribution in [1.29, 1.82) is 0 Å². The number of aryl methyl sites for hydroxylation is 2. The first-order chi connectivity index (χ1) is 13.6. The number of carbonyl (C=O) groups is 1. The predicted molar refractivity (Wildman–Crippen MR) is 110 cm³/mol. The molecule has 3 aromatic rings. The maximum absolute atomic E-state index is 12.4. The molecule has 1 aliphatic carbocycles. The van der Waals surface area contributed by atoms with Crippen LogP contribution >= 0.6 is 0 Å². The van der Waals surface area contributed by atoms with Gasteiger partial charge in [0.2, 0.25) is 5.91 Å². The molecule has 5 nitrogen and oxygen atoms in total. The molecule has 4 rings (SSSR count). The molecular weight excluding hydrogens is 348 g/mol. The van der Waals surface area contributed by atoms with E-state index in [1.54, 1.807) is 24.5 Å². The van der Waals surface area contributed by atoms with Gasteiger partial charge in [-0.25, -0.2) is 4.68 Å². The Bertz CT molecular complexity index is 1000. The van der Waals surface area contributed by atoms with Crippen molar-refractivity contribution in [2.24, 2.45) is 0 Å². The Labute approximate surface area is 165 Å². The van der Waals surface area contributed by atoms with E-state index in [4.69, 9.17) is 0 Å². The maximum atomic E-state index is 12.4. The average molecular weight is 372 g/mol. The number of aromatic nitrogens is 3. The molecule has 0 bridgehead atoms. The van der Waals surface area contributed by atoms with Crippen LogP contribution in [0.5, 0.6) is 0 Å². The minimum atomic E-state index is -0.0964. The summed E-state index contributed by atoms with van der Waals surface area (Å²) in [5.41, 5.74) is 6.75. The summed E-state index contributed by atoms with van der Waals surface area (Å²) in [5.74, 6) is -0.0964. The second kappa shape index (κ2) is 7.80. The Balaban J connectivity index is 1.54. The van der Waals surface area contributed by atoms with E-state index in [2.05, 4.69) is 47.4 Å². The highest BCUT2D eigenvalue weighted by atomic mass is 16.1. The average Bonchev–Trinajstić information content (AvgIpc) is 3.12. The predicted octanol–water partition coefficient (Wildman–Crippen LogP) is 4.09. The molecule has 0 saturated heterocycles. The number of rotatable bonds is 4.